The van der Waals surface area contributed by atoms with Crippen molar-refractivity contribution in [1.82, 2.24) is 0 Å². The van der Waals surface area contributed by atoms with Gasteiger partial charge in [0, 0.05) is 24.1 Å². The Labute approximate surface area is 202 Å². The lowest BCUT2D eigenvalue weighted by Crippen LogP contribution is -2.14. The number of epoxide rings is 2. The Balaban J connectivity index is 1.47. The minimum Gasteiger partial charge on any atom is -0.372 e. The van der Waals surface area contributed by atoms with Gasteiger partial charge in [0.05, 0.1) is 35.9 Å². The average molecular weight is 475 g/mol. The third-order valence-corrected chi connectivity index (χ3v) is 8.76. The highest BCUT2D eigenvalue weighted by Gasteiger charge is 2.36. The molecular weight excluding hydrogens is 424 g/mol. The van der Waals surface area contributed by atoms with Gasteiger partial charge in [0.1, 0.15) is 0 Å². The Hall–Kier alpha value is 0.580. The topological polar surface area (TPSA) is 34.3 Å². The second-order valence-corrected chi connectivity index (χ2v) is 11.7. The van der Waals surface area contributed by atoms with Crippen molar-refractivity contribution in [3.05, 3.63) is 0 Å². The zero-order valence-corrected chi connectivity index (χ0v) is 22.1. The summed E-state index contributed by atoms with van der Waals surface area (Å²) in [4.78, 5) is 0. The zero-order valence-electron chi connectivity index (χ0n) is 20.5. The van der Waals surface area contributed by atoms with E-state index in [9.17, 15) is 0 Å². The van der Waals surface area contributed by atoms with Gasteiger partial charge < -0.3 is 9.47 Å². The van der Waals surface area contributed by atoms with E-state index in [-0.39, 0.29) is 0 Å². The van der Waals surface area contributed by atoms with E-state index in [4.69, 9.17) is 13.1 Å². The van der Waals surface area contributed by atoms with Crippen LogP contribution in [0.1, 0.15) is 129 Å². The Bertz CT molecular complexity index is 366. The fourth-order valence-electron chi connectivity index (χ4n) is 4.21. The van der Waals surface area contributed by atoms with Crippen molar-refractivity contribution in [1.29, 1.82) is 0 Å². The molecule has 0 aliphatic carbocycles. The SMILES string of the molecule is CCCCCCCCCCC(SOSC(CCCCCCCCCC)C1CO1)C1CO1. The second-order valence-electron chi connectivity index (χ2n) is 9.61. The summed E-state index contributed by atoms with van der Waals surface area (Å²) >= 11 is 3.36. The molecule has 3 nitrogen and oxygen atoms in total. The number of hydrogen-bond acceptors (Lipinski definition) is 5. The van der Waals surface area contributed by atoms with Crippen LogP contribution in [0.25, 0.3) is 0 Å². The van der Waals surface area contributed by atoms with Crippen molar-refractivity contribution < 1.29 is 13.1 Å². The molecule has 2 aliphatic rings. The maximum absolute atomic E-state index is 6.08. The molecular formula is C26H50O3S2. The van der Waals surface area contributed by atoms with Crippen LogP contribution in [0.3, 0.4) is 0 Å². The van der Waals surface area contributed by atoms with Crippen molar-refractivity contribution in [3.8, 4) is 0 Å². The van der Waals surface area contributed by atoms with Gasteiger partial charge in [-0.05, 0) is 12.8 Å². The molecule has 184 valence electrons. The molecule has 2 fully saturated rings. The van der Waals surface area contributed by atoms with E-state index in [1.807, 2.05) is 0 Å². The van der Waals surface area contributed by atoms with Crippen LogP contribution < -0.4 is 0 Å². The van der Waals surface area contributed by atoms with Crippen LogP contribution in [-0.2, 0) is 13.1 Å². The number of unbranched alkanes of at least 4 members (excludes halogenated alkanes) is 14. The van der Waals surface area contributed by atoms with E-state index >= 15 is 0 Å². The van der Waals surface area contributed by atoms with E-state index in [2.05, 4.69) is 13.8 Å². The van der Waals surface area contributed by atoms with Crippen LogP contribution in [0.2, 0.25) is 0 Å². The Morgan fingerprint density at radius 2 is 0.903 bits per heavy atom. The summed E-state index contributed by atoms with van der Waals surface area (Å²) in [6.07, 6.45) is 25.4. The summed E-state index contributed by atoms with van der Waals surface area (Å²) in [7, 11) is 0. The third-order valence-electron chi connectivity index (χ3n) is 6.56. The van der Waals surface area contributed by atoms with Gasteiger partial charge in [-0.1, -0.05) is 117 Å². The maximum Gasteiger partial charge on any atom is 0.0950 e. The second kappa shape index (κ2) is 18.9. The van der Waals surface area contributed by atoms with Crippen LogP contribution >= 0.6 is 24.1 Å². The van der Waals surface area contributed by atoms with Crippen molar-refractivity contribution in [2.75, 3.05) is 13.2 Å². The first-order valence-electron chi connectivity index (χ1n) is 13.6. The fourth-order valence-corrected chi connectivity index (χ4v) is 6.29. The molecule has 5 heteroatoms. The van der Waals surface area contributed by atoms with E-state index in [1.54, 1.807) is 24.1 Å². The fraction of sp³-hybridized carbons (Fsp3) is 1.00. The van der Waals surface area contributed by atoms with E-state index in [1.165, 1.54) is 116 Å². The molecule has 4 unspecified atom stereocenters. The molecule has 2 aliphatic heterocycles. The van der Waals surface area contributed by atoms with Crippen LogP contribution in [-0.4, -0.2) is 35.9 Å². The van der Waals surface area contributed by atoms with Crippen LogP contribution in [0, 0.1) is 0 Å². The highest BCUT2D eigenvalue weighted by Crippen LogP contribution is 2.38. The number of hydrogen-bond donors (Lipinski definition) is 0. The summed E-state index contributed by atoms with van der Waals surface area (Å²) in [5, 5.41) is 1.02. The Morgan fingerprint density at radius 3 is 1.23 bits per heavy atom. The van der Waals surface area contributed by atoms with Crippen molar-refractivity contribution >= 4 is 24.1 Å². The summed E-state index contributed by atoms with van der Waals surface area (Å²) < 4.78 is 17.3. The smallest absolute Gasteiger partial charge is 0.0950 e. The van der Waals surface area contributed by atoms with Gasteiger partial charge >= 0.3 is 0 Å². The molecule has 4 atom stereocenters. The van der Waals surface area contributed by atoms with E-state index < -0.39 is 0 Å². The molecule has 0 saturated carbocycles. The molecule has 2 heterocycles. The molecule has 2 rings (SSSR count). The summed E-state index contributed by atoms with van der Waals surface area (Å²) in [6, 6.07) is 0. The molecule has 0 N–H and O–H groups in total. The minimum atomic E-state index is 0.429. The summed E-state index contributed by atoms with van der Waals surface area (Å²) in [5.41, 5.74) is 0. The van der Waals surface area contributed by atoms with Gasteiger partial charge in [0.25, 0.3) is 0 Å². The molecule has 0 amide bonds. The zero-order chi connectivity index (χ0) is 22.0. The first-order chi connectivity index (χ1) is 15.3. The van der Waals surface area contributed by atoms with Gasteiger partial charge in [0.15, 0.2) is 0 Å². The van der Waals surface area contributed by atoms with Crippen molar-refractivity contribution in [2.24, 2.45) is 0 Å². The first kappa shape index (κ1) is 27.8. The normalized spacial score (nSPS) is 21.9. The molecule has 2 saturated heterocycles. The quantitative estimate of drug-likeness (QED) is 0.0792. The maximum atomic E-state index is 6.08. The predicted molar refractivity (Wildman–Crippen MR) is 138 cm³/mol. The van der Waals surface area contributed by atoms with Gasteiger partial charge in [-0.15, -0.1) is 0 Å². The van der Waals surface area contributed by atoms with Gasteiger partial charge in [0.2, 0.25) is 0 Å². The van der Waals surface area contributed by atoms with Gasteiger partial charge in [-0.2, -0.15) is 0 Å². The first-order valence-corrected chi connectivity index (χ1v) is 15.2. The van der Waals surface area contributed by atoms with Crippen LogP contribution in [0.15, 0.2) is 0 Å². The number of ether oxygens (including phenoxy) is 2. The largest absolute Gasteiger partial charge is 0.372 e. The summed E-state index contributed by atoms with van der Waals surface area (Å²) in [6.45, 7) is 6.43. The predicted octanol–water partition coefficient (Wildman–Crippen LogP) is 8.90. The van der Waals surface area contributed by atoms with Crippen LogP contribution in [0.4, 0.5) is 0 Å². The number of rotatable bonds is 24. The monoisotopic (exact) mass is 474 g/mol. The van der Waals surface area contributed by atoms with Gasteiger partial charge in [-0.25, -0.2) is 3.63 Å². The van der Waals surface area contributed by atoms with Crippen molar-refractivity contribution in [3.63, 3.8) is 0 Å². The van der Waals surface area contributed by atoms with E-state index in [0.29, 0.717) is 22.7 Å². The highest BCUT2D eigenvalue weighted by atomic mass is 32.2. The molecule has 0 aromatic carbocycles. The molecule has 0 aromatic heterocycles. The minimum absolute atomic E-state index is 0.429. The lowest BCUT2D eigenvalue weighted by molar-refractivity contribution is 0.387. The molecule has 0 spiro atoms. The lowest BCUT2D eigenvalue weighted by atomic mass is 10.1. The average Bonchev–Trinajstić information content (AvgIpc) is 3.68. The Kier molecular flexibility index (Phi) is 17.0. The van der Waals surface area contributed by atoms with E-state index in [0.717, 1.165) is 13.2 Å². The molecule has 0 aromatic rings. The van der Waals surface area contributed by atoms with Crippen LogP contribution in [0.5, 0.6) is 0 Å². The molecule has 31 heavy (non-hydrogen) atoms. The summed E-state index contributed by atoms with van der Waals surface area (Å²) in [5.74, 6) is 0. The molecule has 0 radical (unpaired) electrons. The van der Waals surface area contributed by atoms with Gasteiger partial charge in [-0.3, -0.25) is 0 Å². The Morgan fingerprint density at radius 1 is 0.581 bits per heavy atom. The molecule has 0 bridgehead atoms. The van der Waals surface area contributed by atoms with Crippen molar-refractivity contribution in [2.45, 2.75) is 152 Å². The lowest BCUT2D eigenvalue weighted by Gasteiger charge is -2.16. The third kappa shape index (κ3) is 15.2. The highest BCUT2D eigenvalue weighted by molar-refractivity contribution is 8.08. The standard InChI is InChI=1S/C26H50O3S2/c1-3-5-7-9-11-13-15-17-19-25(23-21-27-23)30-29-31-26(24-22-28-24)20-18-16-14-12-10-8-6-4-2/h23-26H,3-22H2,1-2H3.